The van der Waals surface area contributed by atoms with Crippen LogP contribution in [0.15, 0.2) is 23.1 Å². The van der Waals surface area contributed by atoms with Crippen LogP contribution in [0.1, 0.15) is 12.5 Å². The van der Waals surface area contributed by atoms with Gasteiger partial charge in [0, 0.05) is 26.2 Å². The highest BCUT2D eigenvalue weighted by molar-refractivity contribution is 7.89. The third-order valence-corrected chi connectivity index (χ3v) is 4.14. The van der Waals surface area contributed by atoms with Crippen LogP contribution in [0.25, 0.3) is 0 Å². The van der Waals surface area contributed by atoms with Gasteiger partial charge in [0.05, 0.1) is 11.5 Å². The van der Waals surface area contributed by atoms with Gasteiger partial charge in [0.25, 0.3) is 0 Å². The number of sulfonamides is 1. The van der Waals surface area contributed by atoms with E-state index in [1.165, 1.54) is 24.5 Å². The van der Waals surface area contributed by atoms with Crippen LogP contribution in [0.3, 0.4) is 0 Å². The average Bonchev–Trinajstić information content (AvgIpc) is 2.29. The first-order chi connectivity index (χ1) is 7.93. The molecule has 17 heavy (non-hydrogen) atoms. The molecule has 1 aromatic carbocycles. The molecule has 0 amide bonds. The smallest absolute Gasteiger partial charge is 0.242 e. The van der Waals surface area contributed by atoms with E-state index in [1.807, 2.05) is 6.92 Å². The maximum absolute atomic E-state index is 11.9. The van der Waals surface area contributed by atoms with Crippen molar-refractivity contribution >= 4 is 10.0 Å². The van der Waals surface area contributed by atoms with Crippen LogP contribution < -0.4 is 10.5 Å². The first-order valence-corrected chi connectivity index (χ1v) is 6.75. The van der Waals surface area contributed by atoms with Crippen LogP contribution in [-0.4, -0.2) is 33.4 Å². The number of nitrogens with two attached hydrogens (primary N) is 1. The fourth-order valence-corrected chi connectivity index (χ4v) is 2.34. The van der Waals surface area contributed by atoms with Crippen LogP contribution in [0.4, 0.5) is 0 Å². The van der Waals surface area contributed by atoms with Crippen molar-refractivity contribution in [3.05, 3.63) is 23.8 Å². The molecular formula is C11H18N2O3S. The number of hydrogen-bond acceptors (Lipinski definition) is 4. The zero-order valence-electron chi connectivity index (χ0n) is 10.3. The first kappa shape index (κ1) is 14.0. The normalized spacial score (nSPS) is 11.8. The largest absolute Gasteiger partial charge is 0.494 e. The van der Waals surface area contributed by atoms with Crippen molar-refractivity contribution in [2.24, 2.45) is 5.73 Å². The Morgan fingerprint density at radius 2 is 2.00 bits per heavy atom. The minimum atomic E-state index is -3.42. The lowest BCUT2D eigenvalue weighted by molar-refractivity contribution is 0.336. The molecule has 6 heteroatoms. The lowest BCUT2D eigenvalue weighted by Gasteiger charge is -2.14. The Balaban J connectivity index is 3.23. The van der Waals surface area contributed by atoms with Crippen molar-refractivity contribution in [1.82, 2.24) is 4.31 Å². The summed E-state index contributed by atoms with van der Waals surface area (Å²) in [6.07, 6.45) is 0. The maximum atomic E-state index is 11.9. The van der Waals surface area contributed by atoms with Gasteiger partial charge in [-0.25, -0.2) is 12.7 Å². The van der Waals surface area contributed by atoms with Gasteiger partial charge in [-0.05, 0) is 25.1 Å². The predicted molar refractivity (Wildman–Crippen MR) is 66.4 cm³/mol. The summed E-state index contributed by atoms with van der Waals surface area (Å²) in [6, 6.07) is 4.72. The molecular weight excluding hydrogens is 240 g/mol. The van der Waals surface area contributed by atoms with Gasteiger partial charge in [0.15, 0.2) is 0 Å². The van der Waals surface area contributed by atoms with Gasteiger partial charge in [-0.2, -0.15) is 0 Å². The van der Waals surface area contributed by atoms with Gasteiger partial charge in [0.2, 0.25) is 10.0 Å². The highest BCUT2D eigenvalue weighted by atomic mass is 32.2. The standard InChI is InChI=1S/C11H18N2O3S/c1-4-16-11-6-5-10(7-9(11)8-12)17(14,15)13(2)3/h5-7H,4,8,12H2,1-3H3. The second-order valence-corrected chi connectivity index (χ2v) is 5.85. The Bertz CT molecular complexity index is 483. The van der Waals surface area contributed by atoms with Crippen LogP contribution >= 0.6 is 0 Å². The van der Waals surface area contributed by atoms with Crippen LogP contribution in [0, 0.1) is 0 Å². The van der Waals surface area contributed by atoms with Crippen LogP contribution in [0.2, 0.25) is 0 Å². The van der Waals surface area contributed by atoms with Crippen LogP contribution in [0.5, 0.6) is 5.75 Å². The second kappa shape index (κ2) is 5.48. The molecule has 0 spiro atoms. The Labute approximate surface area is 102 Å². The van der Waals surface area contributed by atoms with E-state index in [0.29, 0.717) is 17.9 Å². The van der Waals surface area contributed by atoms with Gasteiger partial charge in [-0.3, -0.25) is 0 Å². The van der Waals surface area contributed by atoms with E-state index in [1.54, 1.807) is 12.1 Å². The molecule has 0 heterocycles. The van der Waals surface area contributed by atoms with Crippen molar-refractivity contribution in [3.63, 3.8) is 0 Å². The van der Waals surface area contributed by atoms with E-state index < -0.39 is 10.0 Å². The van der Waals surface area contributed by atoms with Gasteiger partial charge in [-0.1, -0.05) is 0 Å². The lowest BCUT2D eigenvalue weighted by atomic mass is 10.2. The number of ether oxygens (including phenoxy) is 1. The third-order valence-electron chi connectivity index (χ3n) is 2.33. The summed E-state index contributed by atoms with van der Waals surface area (Å²) in [7, 11) is -0.431. The first-order valence-electron chi connectivity index (χ1n) is 5.31. The van der Waals surface area contributed by atoms with Gasteiger partial charge >= 0.3 is 0 Å². The highest BCUT2D eigenvalue weighted by Gasteiger charge is 2.18. The van der Waals surface area contributed by atoms with Crippen molar-refractivity contribution in [1.29, 1.82) is 0 Å². The molecule has 0 saturated carbocycles. The molecule has 1 rings (SSSR count). The van der Waals surface area contributed by atoms with Crippen molar-refractivity contribution in [2.75, 3.05) is 20.7 Å². The highest BCUT2D eigenvalue weighted by Crippen LogP contribution is 2.23. The number of rotatable bonds is 5. The topological polar surface area (TPSA) is 72.6 Å². The Kier molecular flexibility index (Phi) is 4.50. The minimum absolute atomic E-state index is 0.228. The molecule has 0 radical (unpaired) electrons. The molecule has 0 aromatic heterocycles. The molecule has 0 saturated heterocycles. The number of benzene rings is 1. The van der Waals surface area contributed by atoms with E-state index in [0.717, 1.165) is 0 Å². The van der Waals surface area contributed by atoms with Crippen molar-refractivity contribution < 1.29 is 13.2 Å². The molecule has 0 aliphatic rings. The summed E-state index contributed by atoms with van der Waals surface area (Å²) in [4.78, 5) is 0.228. The molecule has 0 atom stereocenters. The van der Waals surface area contributed by atoms with Crippen molar-refractivity contribution in [2.45, 2.75) is 18.4 Å². The van der Waals surface area contributed by atoms with Crippen molar-refractivity contribution in [3.8, 4) is 5.75 Å². The van der Waals surface area contributed by atoms with E-state index in [2.05, 4.69) is 0 Å². The van der Waals surface area contributed by atoms with E-state index >= 15 is 0 Å². The molecule has 1 aromatic rings. The quantitative estimate of drug-likeness (QED) is 0.847. The number of nitrogens with zero attached hydrogens (tertiary/aromatic N) is 1. The van der Waals surface area contributed by atoms with Crippen LogP contribution in [-0.2, 0) is 16.6 Å². The molecule has 0 aliphatic carbocycles. The summed E-state index contributed by atoms with van der Waals surface area (Å²) in [5, 5.41) is 0. The van der Waals surface area contributed by atoms with E-state index in [4.69, 9.17) is 10.5 Å². The third kappa shape index (κ3) is 2.96. The van der Waals surface area contributed by atoms with Gasteiger partial charge in [-0.15, -0.1) is 0 Å². The Morgan fingerprint density at radius 1 is 1.35 bits per heavy atom. The summed E-state index contributed by atoms with van der Waals surface area (Å²) < 4.78 is 30.4. The molecule has 5 nitrogen and oxygen atoms in total. The molecule has 96 valence electrons. The molecule has 0 aliphatic heterocycles. The predicted octanol–water partition coefficient (Wildman–Crippen LogP) is 0.794. The molecule has 0 fully saturated rings. The fourth-order valence-electron chi connectivity index (χ4n) is 1.38. The zero-order valence-corrected chi connectivity index (χ0v) is 11.1. The van der Waals surface area contributed by atoms with Gasteiger partial charge in [0.1, 0.15) is 5.75 Å². The minimum Gasteiger partial charge on any atom is -0.494 e. The maximum Gasteiger partial charge on any atom is 0.242 e. The zero-order chi connectivity index (χ0) is 13.1. The van der Waals surface area contributed by atoms with E-state index in [9.17, 15) is 8.42 Å². The average molecular weight is 258 g/mol. The second-order valence-electron chi connectivity index (χ2n) is 3.69. The molecule has 2 N–H and O–H groups in total. The Morgan fingerprint density at radius 3 is 2.47 bits per heavy atom. The summed E-state index contributed by atoms with van der Waals surface area (Å²) in [5.41, 5.74) is 6.27. The Hall–Kier alpha value is -1.11. The lowest BCUT2D eigenvalue weighted by Crippen LogP contribution is -2.22. The number of hydrogen-bond donors (Lipinski definition) is 1. The molecule has 0 unspecified atom stereocenters. The summed E-state index contributed by atoms with van der Waals surface area (Å²) >= 11 is 0. The summed E-state index contributed by atoms with van der Waals surface area (Å²) in [5.74, 6) is 0.632. The SMILES string of the molecule is CCOc1ccc(S(=O)(=O)N(C)C)cc1CN. The van der Waals surface area contributed by atoms with Gasteiger partial charge < -0.3 is 10.5 Å². The monoisotopic (exact) mass is 258 g/mol. The molecule has 0 bridgehead atoms. The van der Waals surface area contributed by atoms with E-state index in [-0.39, 0.29) is 11.4 Å². The fraction of sp³-hybridized carbons (Fsp3) is 0.455. The summed E-state index contributed by atoms with van der Waals surface area (Å²) in [6.45, 7) is 2.63.